The summed E-state index contributed by atoms with van der Waals surface area (Å²) in [4.78, 5) is 36.7. The number of nitrogens with zero attached hydrogens (tertiary/aromatic N) is 1. The highest BCUT2D eigenvalue weighted by Gasteiger charge is 2.37. The Hall–Kier alpha value is -2.57. The number of amides is 3. The van der Waals surface area contributed by atoms with Gasteiger partial charge in [-0.3, -0.25) is 19.3 Å². The zero-order chi connectivity index (χ0) is 15.9. The molecule has 2 aliphatic rings. The largest absolute Gasteiger partial charge is 0.479 e. The summed E-state index contributed by atoms with van der Waals surface area (Å²) in [6.45, 7) is 3.82. The average Bonchev–Trinajstić information content (AvgIpc) is 2.74. The first-order valence-electron chi connectivity index (χ1n) is 7.22. The van der Waals surface area contributed by atoms with Crippen LogP contribution in [-0.4, -0.2) is 41.3 Å². The fourth-order valence-electron chi connectivity index (χ4n) is 2.63. The molecule has 2 aliphatic heterocycles. The number of carbonyl (C=O) groups is 3. The predicted octanol–water partition coefficient (Wildman–Crippen LogP) is 0.965. The molecule has 7 heteroatoms. The Bertz CT molecular complexity index is 658. The Morgan fingerprint density at radius 3 is 2.82 bits per heavy atom. The van der Waals surface area contributed by atoms with Crippen molar-refractivity contribution in [2.45, 2.75) is 32.4 Å². The molecule has 1 fully saturated rings. The summed E-state index contributed by atoms with van der Waals surface area (Å²) >= 11 is 0. The topological polar surface area (TPSA) is 87.7 Å². The van der Waals surface area contributed by atoms with E-state index in [0.29, 0.717) is 23.7 Å². The van der Waals surface area contributed by atoms with E-state index in [0.717, 1.165) is 0 Å². The number of ether oxygens (including phenoxy) is 1. The molecule has 2 unspecified atom stereocenters. The van der Waals surface area contributed by atoms with Crippen LogP contribution in [0.5, 0.6) is 5.75 Å². The minimum absolute atomic E-state index is 0.143. The molecule has 0 radical (unpaired) electrons. The van der Waals surface area contributed by atoms with Gasteiger partial charge in [0.1, 0.15) is 11.8 Å². The molecule has 116 valence electrons. The average molecular weight is 303 g/mol. The zero-order valence-electron chi connectivity index (χ0n) is 12.4. The minimum atomic E-state index is -0.565. The molecule has 2 N–H and O–H groups in total. The monoisotopic (exact) mass is 303 g/mol. The molecule has 1 aromatic rings. The van der Waals surface area contributed by atoms with Crippen LogP contribution in [-0.2, 0) is 14.4 Å². The summed E-state index contributed by atoms with van der Waals surface area (Å²) < 4.78 is 5.47. The molecular weight excluding hydrogens is 286 g/mol. The van der Waals surface area contributed by atoms with Gasteiger partial charge in [0, 0.05) is 12.2 Å². The van der Waals surface area contributed by atoms with Crippen molar-refractivity contribution in [2.75, 3.05) is 17.2 Å². The molecule has 1 saturated heterocycles. The van der Waals surface area contributed by atoms with Gasteiger partial charge in [0.05, 0.1) is 12.1 Å². The van der Waals surface area contributed by atoms with Crippen molar-refractivity contribution in [1.82, 2.24) is 4.90 Å². The number of likely N-dealkylation sites (tertiary alicyclic amines) is 1. The molecule has 0 aromatic heterocycles. The molecule has 0 spiro atoms. The van der Waals surface area contributed by atoms with E-state index in [1.165, 1.54) is 4.90 Å². The van der Waals surface area contributed by atoms with E-state index in [1.807, 2.05) is 0 Å². The molecule has 7 nitrogen and oxygen atoms in total. The van der Waals surface area contributed by atoms with Crippen LogP contribution in [0.15, 0.2) is 18.2 Å². The van der Waals surface area contributed by atoms with Gasteiger partial charge in [-0.2, -0.15) is 0 Å². The van der Waals surface area contributed by atoms with Crippen molar-refractivity contribution in [3.63, 3.8) is 0 Å². The number of rotatable bonds is 3. The van der Waals surface area contributed by atoms with Gasteiger partial charge in [-0.05, 0) is 32.0 Å². The maximum absolute atomic E-state index is 12.1. The van der Waals surface area contributed by atoms with Gasteiger partial charge in [-0.25, -0.2) is 0 Å². The van der Waals surface area contributed by atoms with E-state index in [4.69, 9.17) is 4.74 Å². The van der Waals surface area contributed by atoms with Crippen molar-refractivity contribution in [2.24, 2.45) is 0 Å². The SMILES string of the molecule is CCN1C(=O)CC(Nc2ccc3c(c2)NC(=O)C(C)O3)C1=O. The zero-order valence-corrected chi connectivity index (χ0v) is 12.4. The van der Waals surface area contributed by atoms with Crippen molar-refractivity contribution in [3.8, 4) is 5.75 Å². The number of likely N-dealkylation sites (N-methyl/N-ethyl adjacent to an activating group) is 1. The highest BCUT2D eigenvalue weighted by Crippen LogP contribution is 2.32. The molecule has 1 aromatic carbocycles. The van der Waals surface area contributed by atoms with Gasteiger partial charge >= 0.3 is 0 Å². The Morgan fingerprint density at radius 2 is 2.14 bits per heavy atom. The maximum atomic E-state index is 12.1. The third-order valence-electron chi connectivity index (χ3n) is 3.81. The Morgan fingerprint density at radius 1 is 1.36 bits per heavy atom. The number of hydrogen-bond acceptors (Lipinski definition) is 5. The molecular formula is C15H17N3O4. The molecule has 2 atom stereocenters. The lowest BCUT2D eigenvalue weighted by Crippen LogP contribution is -2.35. The second-order valence-corrected chi connectivity index (χ2v) is 5.34. The summed E-state index contributed by atoms with van der Waals surface area (Å²) in [5.74, 6) is -0.0249. The summed E-state index contributed by atoms with van der Waals surface area (Å²) in [7, 11) is 0. The quantitative estimate of drug-likeness (QED) is 0.812. The third kappa shape index (κ3) is 2.38. The number of benzene rings is 1. The first-order valence-corrected chi connectivity index (χ1v) is 7.22. The maximum Gasteiger partial charge on any atom is 0.265 e. The van der Waals surface area contributed by atoms with Gasteiger partial charge in [0.15, 0.2) is 6.10 Å². The first kappa shape index (κ1) is 14.4. The molecule has 0 bridgehead atoms. The Kier molecular flexibility index (Phi) is 3.48. The van der Waals surface area contributed by atoms with E-state index >= 15 is 0 Å². The van der Waals surface area contributed by atoms with Crippen LogP contribution in [0.2, 0.25) is 0 Å². The molecule has 3 amide bonds. The van der Waals surface area contributed by atoms with Gasteiger partial charge in [0.25, 0.3) is 11.8 Å². The van der Waals surface area contributed by atoms with Gasteiger partial charge in [-0.15, -0.1) is 0 Å². The molecule has 3 rings (SSSR count). The van der Waals surface area contributed by atoms with Crippen molar-refractivity contribution < 1.29 is 19.1 Å². The van der Waals surface area contributed by atoms with Crippen LogP contribution in [0.4, 0.5) is 11.4 Å². The van der Waals surface area contributed by atoms with Gasteiger partial charge in [-0.1, -0.05) is 0 Å². The van der Waals surface area contributed by atoms with Crippen molar-refractivity contribution in [1.29, 1.82) is 0 Å². The Labute approximate surface area is 127 Å². The van der Waals surface area contributed by atoms with E-state index in [2.05, 4.69) is 10.6 Å². The van der Waals surface area contributed by atoms with E-state index in [-0.39, 0.29) is 24.1 Å². The number of fused-ring (bicyclic) bond motifs is 1. The lowest BCUT2D eigenvalue weighted by molar-refractivity contribution is -0.138. The normalized spacial score (nSPS) is 23.9. The summed E-state index contributed by atoms with van der Waals surface area (Å²) in [5, 5.41) is 5.79. The number of nitrogens with one attached hydrogen (secondary N) is 2. The molecule has 2 heterocycles. The summed E-state index contributed by atoms with van der Waals surface area (Å²) in [5.41, 5.74) is 1.21. The van der Waals surface area contributed by atoms with Crippen molar-refractivity contribution in [3.05, 3.63) is 18.2 Å². The van der Waals surface area contributed by atoms with Crippen LogP contribution >= 0.6 is 0 Å². The highest BCUT2D eigenvalue weighted by molar-refractivity contribution is 6.07. The van der Waals surface area contributed by atoms with Crippen molar-refractivity contribution >= 4 is 29.1 Å². The fraction of sp³-hybridized carbons (Fsp3) is 0.400. The minimum Gasteiger partial charge on any atom is -0.479 e. The van der Waals surface area contributed by atoms with E-state index in [9.17, 15) is 14.4 Å². The van der Waals surface area contributed by atoms with Crippen LogP contribution in [0, 0.1) is 0 Å². The van der Waals surface area contributed by atoms with E-state index in [1.54, 1.807) is 32.0 Å². The molecule has 22 heavy (non-hydrogen) atoms. The summed E-state index contributed by atoms with van der Waals surface area (Å²) in [6.07, 6.45) is -0.387. The third-order valence-corrected chi connectivity index (χ3v) is 3.81. The van der Waals surface area contributed by atoms with E-state index < -0.39 is 12.1 Å². The second kappa shape index (κ2) is 5.32. The number of imide groups is 1. The molecule has 0 aliphatic carbocycles. The lowest BCUT2D eigenvalue weighted by atomic mass is 10.2. The lowest BCUT2D eigenvalue weighted by Gasteiger charge is -2.24. The standard InChI is InChI=1S/C15H17N3O4/c1-3-18-13(19)7-11(15(18)21)16-9-4-5-12-10(6-9)17-14(20)8(2)22-12/h4-6,8,11,16H,3,7H2,1-2H3,(H,17,20). The number of hydrogen-bond donors (Lipinski definition) is 2. The number of carbonyl (C=O) groups excluding carboxylic acids is 3. The summed E-state index contributed by atoms with van der Waals surface area (Å²) in [6, 6.07) is 4.62. The first-order chi connectivity index (χ1) is 10.5. The Balaban J connectivity index is 1.77. The fourth-order valence-corrected chi connectivity index (χ4v) is 2.63. The second-order valence-electron chi connectivity index (χ2n) is 5.34. The number of anilines is 2. The predicted molar refractivity (Wildman–Crippen MR) is 79.6 cm³/mol. The highest BCUT2D eigenvalue weighted by atomic mass is 16.5. The van der Waals surface area contributed by atoms with Crippen LogP contribution in [0.25, 0.3) is 0 Å². The van der Waals surface area contributed by atoms with Crippen LogP contribution < -0.4 is 15.4 Å². The van der Waals surface area contributed by atoms with Crippen LogP contribution in [0.1, 0.15) is 20.3 Å². The molecule has 0 saturated carbocycles. The van der Waals surface area contributed by atoms with Crippen LogP contribution in [0.3, 0.4) is 0 Å². The smallest absolute Gasteiger partial charge is 0.265 e. The van der Waals surface area contributed by atoms with Gasteiger partial charge in [0.2, 0.25) is 5.91 Å². The van der Waals surface area contributed by atoms with Gasteiger partial charge < -0.3 is 15.4 Å².